The monoisotopic (exact) mass is 316 g/mol. The lowest BCUT2D eigenvalue weighted by Crippen LogP contribution is -2.16. The summed E-state index contributed by atoms with van der Waals surface area (Å²) in [5, 5.41) is 0. The van der Waals surface area contributed by atoms with Crippen molar-refractivity contribution < 1.29 is 17.9 Å². The first-order chi connectivity index (χ1) is 10.5. The number of primary amides is 1. The summed E-state index contributed by atoms with van der Waals surface area (Å²) in [6, 6.07) is 10.2. The predicted molar refractivity (Wildman–Crippen MR) is 80.5 cm³/mol. The van der Waals surface area contributed by atoms with Crippen LogP contribution in [0, 0.1) is 0 Å². The summed E-state index contributed by atoms with van der Waals surface area (Å²) in [7, 11) is -3.88. The second-order valence-corrected chi connectivity index (χ2v) is 6.53. The lowest BCUT2D eigenvalue weighted by Gasteiger charge is -2.14. The van der Waals surface area contributed by atoms with Gasteiger partial charge in [0.2, 0.25) is 15.7 Å². The first kappa shape index (κ1) is 14.3. The number of ether oxygens (including phenoxy) is 1. The van der Waals surface area contributed by atoms with E-state index in [1.165, 1.54) is 24.3 Å². The van der Waals surface area contributed by atoms with Gasteiger partial charge >= 0.3 is 0 Å². The fraction of sp³-hybridized carbons (Fsp3) is 0.0667. The van der Waals surface area contributed by atoms with Crippen molar-refractivity contribution >= 4 is 27.6 Å². The van der Waals surface area contributed by atoms with Crippen molar-refractivity contribution in [1.82, 2.24) is 0 Å². The fourth-order valence-corrected chi connectivity index (χ4v) is 3.66. The zero-order chi connectivity index (χ0) is 15.7. The molecule has 0 fully saturated rings. The number of sulfone groups is 1. The molecule has 2 aromatic rings. The van der Waals surface area contributed by atoms with E-state index >= 15 is 0 Å². The number of nitrogens with zero attached hydrogens (tertiary/aromatic N) is 1. The molecule has 1 amide bonds. The van der Waals surface area contributed by atoms with Gasteiger partial charge in [0.15, 0.2) is 0 Å². The van der Waals surface area contributed by atoms with Gasteiger partial charge in [-0.05, 0) is 24.3 Å². The van der Waals surface area contributed by atoms with E-state index in [1.54, 1.807) is 24.4 Å². The maximum absolute atomic E-state index is 12.7. The van der Waals surface area contributed by atoms with E-state index in [-0.39, 0.29) is 22.0 Å². The minimum atomic E-state index is -3.88. The molecule has 7 heteroatoms. The number of carbonyl (C=O) groups excluding carboxylic acids is 1. The molecule has 0 unspecified atom stereocenters. The molecule has 0 aliphatic carbocycles. The Labute approximate surface area is 127 Å². The van der Waals surface area contributed by atoms with Crippen LogP contribution in [-0.4, -0.2) is 27.1 Å². The van der Waals surface area contributed by atoms with Gasteiger partial charge in [-0.15, -0.1) is 0 Å². The van der Waals surface area contributed by atoms with E-state index in [0.717, 1.165) is 0 Å². The standard InChI is InChI=1S/C15H12N2O4S/c16-15(18)11-3-1-2-4-14(11)22(19,20)10-5-6-12-13(9-10)21-8-7-17-12/h1-7,9H,8H2,(H2,16,18). The smallest absolute Gasteiger partial charge is 0.250 e. The Morgan fingerprint density at radius 2 is 1.95 bits per heavy atom. The summed E-state index contributed by atoms with van der Waals surface area (Å²) in [6.45, 7) is 0.286. The van der Waals surface area contributed by atoms with Crippen LogP contribution in [0.5, 0.6) is 5.75 Å². The topological polar surface area (TPSA) is 98.8 Å². The molecule has 0 bridgehead atoms. The average molecular weight is 316 g/mol. The van der Waals surface area contributed by atoms with Gasteiger partial charge in [0.05, 0.1) is 15.4 Å². The molecule has 0 saturated carbocycles. The van der Waals surface area contributed by atoms with Gasteiger partial charge in [0, 0.05) is 12.3 Å². The first-order valence-electron chi connectivity index (χ1n) is 6.43. The van der Waals surface area contributed by atoms with Crippen LogP contribution >= 0.6 is 0 Å². The number of benzene rings is 2. The number of rotatable bonds is 3. The quantitative estimate of drug-likeness (QED) is 0.931. The van der Waals surface area contributed by atoms with Crippen LogP contribution in [0.3, 0.4) is 0 Å². The number of amides is 1. The fourth-order valence-electron chi connectivity index (χ4n) is 2.18. The summed E-state index contributed by atoms with van der Waals surface area (Å²) >= 11 is 0. The summed E-state index contributed by atoms with van der Waals surface area (Å²) < 4.78 is 30.9. The Kier molecular flexibility index (Phi) is 3.42. The van der Waals surface area contributed by atoms with Crippen molar-refractivity contribution in [2.24, 2.45) is 10.7 Å². The molecular weight excluding hydrogens is 304 g/mol. The second kappa shape index (κ2) is 5.27. The highest BCUT2D eigenvalue weighted by Gasteiger charge is 2.24. The molecule has 0 saturated heterocycles. The molecule has 22 heavy (non-hydrogen) atoms. The third-order valence-electron chi connectivity index (χ3n) is 3.23. The zero-order valence-electron chi connectivity index (χ0n) is 11.4. The Hall–Kier alpha value is -2.67. The Bertz CT molecular complexity index is 888. The van der Waals surface area contributed by atoms with Gasteiger partial charge in [-0.3, -0.25) is 9.79 Å². The molecule has 0 atom stereocenters. The summed E-state index contributed by atoms with van der Waals surface area (Å²) in [5.41, 5.74) is 5.77. The maximum atomic E-state index is 12.7. The number of hydrogen-bond acceptors (Lipinski definition) is 5. The number of nitrogens with two attached hydrogens (primary N) is 1. The molecule has 2 N–H and O–H groups in total. The molecular formula is C15H12N2O4S. The molecule has 1 aliphatic rings. The number of hydrogen-bond donors (Lipinski definition) is 1. The van der Waals surface area contributed by atoms with Crippen molar-refractivity contribution in [3.63, 3.8) is 0 Å². The maximum Gasteiger partial charge on any atom is 0.250 e. The Balaban J connectivity index is 2.15. The third-order valence-corrected chi connectivity index (χ3v) is 5.04. The van der Waals surface area contributed by atoms with Crippen molar-refractivity contribution in [3.8, 4) is 5.75 Å². The van der Waals surface area contributed by atoms with E-state index in [9.17, 15) is 13.2 Å². The van der Waals surface area contributed by atoms with E-state index in [2.05, 4.69) is 4.99 Å². The molecule has 1 aliphatic heterocycles. The Morgan fingerprint density at radius 3 is 2.73 bits per heavy atom. The largest absolute Gasteiger partial charge is 0.486 e. The molecule has 2 aromatic carbocycles. The lowest BCUT2D eigenvalue weighted by molar-refractivity contribution is 0.0997. The minimum Gasteiger partial charge on any atom is -0.486 e. The summed E-state index contributed by atoms with van der Waals surface area (Å²) in [4.78, 5) is 15.5. The van der Waals surface area contributed by atoms with Crippen LogP contribution in [0.4, 0.5) is 5.69 Å². The molecule has 3 rings (SSSR count). The third kappa shape index (κ3) is 2.35. The van der Waals surface area contributed by atoms with Crippen LogP contribution in [0.15, 0.2) is 57.2 Å². The molecule has 1 heterocycles. The van der Waals surface area contributed by atoms with Crippen LogP contribution in [0.25, 0.3) is 0 Å². The van der Waals surface area contributed by atoms with Crippen LogP contribution in [-0.2, 0) is 9.84 Å². The molecule has 112 valence electrons. The lowest BCUT2D eigenvalue weighted by atomic mass is 10.2. The van der Waals surface area contributed by atoms with Gasteiger partial charge < -0.3 is 10.5 Å². The van der Waals surface area contributed by atoms with Crippen LogP contribution < -0.4 is 10.5 Å². The highest BCUT2D eigenvalue weighted by atomic mass is 32.2. The Morgan fingerprint density at radius 1 is 1.18 bits per heavy atom. The van der Waals surface area contributed by atoms with Crippen molar-refractivity contribution in [2.45, 2.75) is 9.79 Å². The summed E-state index contributed by atoms with van der Waals surface area (Å²) in [6.07, 6.45) is 1.60. The first-order valence-corrected chi connectivity index (χ1v) is 7.92. The van der Waals surface area contributed by atoms with Crippen molar-refractivity contribution in [2.75, 3.05) is 6.61 Å². The van der Waals surface area contributed by atoms with E-state index in [4.69, 9.17) is 10.5 Å². The predicted octanol–water partition coefficient (Wildman–Crippen LogP) is 1.71. The normalized spacial score (nSPS) is 13.3. The van der Waals surface area contributed by atoms with Crippen molar-refractivity contribution in [3.05, 3.63) is 48.0 Å². The van der Waals surface area contributed by atoms with Gasteiger partial charge in [0.1, 0.15) is 18.0 Å². The minimum absolute atomic E-state index is 0.0250. The van der Waals surface area contributed by atoms with Gasteiger partial charge in [-0.2, -0.15) is 0 Å². The molecule has 6 nitrogen and oxygen atoms in total. The van der Waals surface area contributed by atoms with Crippen molar-refractivity contribution in [1.29, 1.82) is 0 Å². The average Bonchev–Trinajstić information content (AvgIpc) is 2.54. The second-order valence-electron chi connectivity index (χ2n) is 4.62. The van der Waals surface area contributed by atoms with Crippen LogP contribution in [0.1, 0.15) is 10.4 Å². The van der Waals surface area contributed by atoms with Gasteiger partial charge in [-0.25, -0.2) is 8.42 Å². The molecule has 0 aromatic heterocycles. The van der Waals surface area contributed by atoms with E-state index < -0.39 is 15.7 Å². The van der Waals surface area contributed by atoms with Gasteiger partial charge in [-0.1, -0.05) is 12.1 Å². The SMILES string of the molecule is NC(=O)c1ccccc1S(=O)(=O)c1ccc2c(c1)OCC=N2. The van der Waals surface area contributed by atoms with E-state index in [1.807, 2.05) is 0 Å². The number of carbonyl (C=O) groups is 1. The molecule has 0 radical (unpaired) electrons. The highest BCUT2D eigenvalue weighted by Crippen LogP contribution is 2.34. The van der Waals surface area contributed by atoms with E-state index in [0.29, 0.717) is 11.4 Å². The number of aliphatic imine (C=N–C) groups is 1. The molecule has 0 spiro atoms. The zero-order valence-corrected chi connectivity index (χ0v) is 12.2. The highest BCUT2D eigenvalue weighted by molar-refractivity contribution is 7.91. The number of fused-ring (bicyclic) bond motifs is 1. The summed E-state index contributed by atoms with van der Waals surface area (Å²) in [5.74, 6) is -0.405. The van der Waals surface area contributed by atoms with Gasteiger partial charge in [0.25, 0.3) is 0 Å². The van der Waals surface area contributed by atoms with Crippen LogP contribution in [0.2, 0.25) is 0 Å².